The third-order valence-corrected chi connectivity index (χ3v) is 1.94. The highest BCUT2D eigenvalue weighted by molar-refractivity contribution is 7.07. The van der Waals surface area contributed by atoms with Gasteiger partial charge in [-0.2, -0.15) is 13.2 Å². The average Bonchev–Trinajstić information content (AvgIpc) is 2.50. The molecule has 0 fully saturated rings. The van der Waals surface area contributed by atoms with Gasteiger partial charge in [-0.15, -0.1) is 11.3 Å². The van der Waals surface area contributed by atoms with E-state index in [9.17, 15) is 18.0 Å². The maximum atomic E-state index is 11.7. The number of thiazole rings is 1. The van der Waals surface area contributed by atoms with Crippen LogP contribution in [0.3, 0.4) is 0 Å². The van der Waals surface area contributed by atoms with Crippen molar-refractivity contribution < 1.29 is 18.0 Å². The SMILES string of the molecule is O=C(CCC(F)(F)F)c1cscn1. The van der Waals surface area contributed by atoms with Gasteiger partial charge in [-0.05, 0) is 0 Å². The third kappa shape index (κ3) is 3.54. The van der Waals surface area contributed by atoms with E-state index in [-0.39, 0.29) is 5.69 Å². The number of aromatic nitrogens is 1. The normalized spacial score (nSPS) is 11.6. The number of carbonyl (C=O) groups excluding carboxylic acids is 1. The Morgan fingerprint density at radius 2 is 2.23 bits per heavy atom. The van der Waals surface area contributed by atoms with Crippen LogP contribution in [0.25, 0.3) is 0 Å². The van der Waals surface area contributed by atoms with E-state index < -0.39 is 24.8 Å². The molecule has 0 amide bonds. The summed E-state index contributed by atoms with van der Waals surface area (Å²) in [4.78, 5) is 14.6. The van der Waals surface area contributed by atoms with Crippen molar-refractivity contribution in [3.8, 4) is 0 Å². The number of hydrogen-bond acceptors (Lipinski definition) is 3. The zero-order chi connectivity index (χ0) is 9.90. The summed E-state index contributed by atoms with van der Waals surface area (Å²) in [5, 5.41) is 1.44. The minimum atomic E-state index is -4.27. The molecular formula is C7H6F3NOS. The van der Waals surface area contributed by atoms with E-state index in [0.717, 1.165) is 0 Å². The van der Waals surface area contributed by atoms with Crippen molar-refractivity contribution in [2.75, 3.05) is 0 Å². The number of halogens is 3. The Labute approximate surface area is 76.4 Å². The van der Waals surface area contributed by atoms with Crippen LogP contribution in [0.1, 0.15) is 23.3 Å². The van der Waals surface area contributed by atoms with Gasteiger partial charge in [-0.3, -0.25) is 4.79 Å². The Morgan fingerprint density at radius 1 is 1.54 bits per heavy atom. The predicted octanol–water partition coefficient (Wildman–Crippen LogP) is 2.67. The quantitative estimate of drug-likeness (QED) is 0.716. The van der Waals surface area contributed by atoms with Crippen LogP contribution in [0.4, 0.5) is 13.2 Å². The molecule has 0 aliphatic heterocycles. The van der Waals surface area contributed by atoms with E-state index in [1.165, 1.54) is 22.2 Å². The molecule has 0 bridgehead atoms. The molecule has 0 aromatic carbocycles. The lowest BCUT2D eigenvalue weighted by Crippen LogP contribution is -2.10. The summed E-state index contributed by atoms with van der Waals surface area (Å²) < 4.78 is 35.1. The molecule has 0 saturated carbocycles. The molecule has 0 aliphatic carbocycles. The van der Waals surface area contributed by atoms with Gasteiger partial charge < -0.3 is 0 Å². The molecule has 0 atom stereocenters. The molecule has 0 saturated heterocycles. The van der Waals surface area contributed by atoms with Crippen LogP contribution >= 0.6 is 11.3 Å². The molecular weight excluding hydrogens is 203 g/mol. The van der Waals surface area contributed by atoms with E-state index in [1.807, 2.05) is 0 Å². The number of rotatable bonds is 3. The van der Waals surface area contributed by atoms with E-state index in [4.69, 9.17) is 0 Å². The molecule has 1 heterocycles. The first-order chi connectivity index (χ1) is 5.99. The van der Waals surface area contributed by atoms with Gasteiger partial charge in [-0.25, -0.2) is 4.98 Å². The second-order valence-corrected chi connectivity index (χ2v) is 3.13. The van der Waals surface area contributed by atoms with Crippen molar-refractivity contribution in [3.05, 3.63) is 16.6 Å². The summed E-state index contributed by atoms with van der Waals surface area (Å²) in [6.45, 7) is 0. The highest BCUT2D eigenvalue weighted by Gasteiger charge is 2.28. The molecule has 13 heavy (non-hydrogen) atoms. The van der Waals surface area contributed by atoms with Crippen LogP contribution in [0.5, 0.6) is 0 Å². The zero-order valence-corrected chi connectivity index (χ0v) is 7.28. The summed E-state index contributed by atoms with van der Waals surface area (Å²) >= 11 is 1.19. The lowest BCUT2D eigenvalue weighted by molar-refractivity contribution is -0.133. The molecule has 0 aliphatic rings. The van der Waals surface area contributed by atoms with Gasteiger partial charge in [0.1, 0.15) is 5.69 Å². The van der Waals surface area contributed by atoms with Crippen molar-refractivity contribution in [1.82, 2.24) is 4.98 Å². The molecule has 2 nitrogen and oxygen atoms in total. The van der Waals surface area contributed by atoms with Gasteiger partial charge in [0.15, 0.2) is 5.78 Å². The minimum Gasteiger partial charge on any atom is -0.292 e. The zero-order valence-electron chi connectivity index (χ0n) is 6.47. The molecule has 0 radical (unpaired) electrons. The summed E-state index contributed by atoms with van der Waals surface area (Å²) in [7, 11) is 0. The Hall–Kier alpha value is -0.910. The fourth-order valence-electron chi connectivity index (χ4n) is 0.734. The second kappa shape index (κ2) is 3.87. The maximum Gasteiger partial charge on any atom is 0.389 e. The largest absolute Gasteiger partial charge is 0.389 e. The van der Waals surface area contributed by atoms with Crippen LogP contribution in [0.15, 0.2) is 10.9 Å². The van der Waals surface area contributed by atoms with Crippen LogP contribution in [0, 0.1) is 0 Å². The molecule has 1 aromatic heterocycles. The van der Waals surface area contributed by atoms with Crippen molar-refractivity contribution in [2.24, 2.45) is 0 Å². The first-order valence-electron chi connectivity index (χ1n) is 3.47. The minimum absolute atomic E-state index is 0.120. The molecule has 1 rings (SSSR count). The highest BCUT2D eigenvalue weighted by Crippen LogP contribution is 2.22. The number of ketones is 1. The summed E-state index contributed by atoms with van der Waals surface area (Å²) in [6.07, 6.45) is -5.87. The molecule has 0 spiro atoms. The number of alkyl halides is 3. The van der Waals surface area contributed by atoms with Crippen LogP contribution in [0.2, 0.25) is 0 Å². The summed E-state index contributed by atoms with van der Waals surface area (Å²) in [5.74, 6) is -0.557. The molecule has 1 aromatic rings. The van der Waals surface area contributed by atoms with Crippen LogP contribution < -0.4 is 0 Å². The van der Waals surface area contributed by atoms with Gasteiger partial charge in [0.25, 0.3) is 0 Å². The number of Topliss-reactive ketones (excluding diaryl/α,β-unsaturated/α-hetero) is 1. The fraction of sp³-hybridized carbons (Fsp3) is 0.429. The van der Waals surface area contributed by atoms with E-state index in [2.05, 4.69) is 4.98 Å². The molecule has 0 unspecified atom stereocenters. The third-order valence-electron chi connectivity index (χ3n) is 1.35. The summed E-state index contributed by atoms with van der Waals surface area (Å²) in [6, 6.07) is 0. The Morgan fingerprint density at radius 3 is 2.69 bits per heavy atom. The van der Waals surface area contributed by atoms with Gasteiger partial charge in [-0.1, -0.05) is 0 Å². The smallest absolute Gasteiger partial charge is 0.292 e. The predicted molar refractivity (Wildman–Crippen MR) is 41.7 cm³/mol. The topological polar surface area (TPSA) is 30.0 Å². The summed E-state index contributed by atoms with van der Waals surface area (Å²) in [5.41, 5.74) is 1.54. The Balaban J connectivity index is 2.44. The standard InChI is InChI=1S/C7H6F3NOS/c8-7(9,10)2-1-6(12)5-3-13-4-11-5/h3-4H,1-2H2. The Kier molecular flexibility index (Phi) is 3.02. The highest BCUT2D eigenvalue weighted by atomic mass is 32.1. The first-order valence-corrected chi connectivity index (χ1v) is 4.41. The maximum absolute atomic E-state index is 11.7. The van der Waals surface area contributed by atoms with Crippen molar-refractivity contribution in [3.63, 3.8) is 0 Å². The molecule has 0 N–H and O–H groups in total. The first kappa shape index (κ1) is 10.2. The van der Waals surface area contributed by atoms with Gasteiger partial charge in [0.2, 0.25) is 0 Å². The fourth-order valence-corrected chi connectivity index (χ4v) is 1.29. The van der Waals surface area contributed by atoms with Gasteiger partial charge in [0, 0.05) is 11.8 Å². The molecule has 72 valence electrons. The second-order valence-electron chi connectivity index (χ2n) is 2.41. The van der Waals surface area contributed by atoms with Crippen molar-refractivity contribution in [2.45, 2.75) is 19.0 Å². The van der Waals surface area contributed by atoms with E-state index in [0.29, 0.717) is 0 Å². The van der Waals surface area contributed by atoms with Crippen molar-refractivity contribution in [1.29, 1.82) is 0 Å². The Bertz CT molecular complexity index is 280. The molecule has 6 heteroatoms. The lowest BCUT2D eigenvalue weighted by atomic mass is 10.2. The van der Waals surface area contributed by atoms with Gasteiger partial charge in [0.05, 0.1) is 11.9 Å². The van der Waals surface area contributed by atoms with E-state index >= 15 is 0 Å². The van der Waals surface area contributed by atoms with Crippen LogP contribution in [-0.2, 0) is 0 Å². The number of nitrogens with zero attached hydrogens (tertiary/aromatic N) is 1. The van der Waals surface area contributed by atoms with E-state index in [1.54, 1.807) is 0 Å². The average molecular weight is 209 g/mol. The number of carbonyl (C=O) groups is 1. The number of hydrogen-bond donors (Lipinski definition) is 0. The van der Waals surface area contributed by atoms with Crippen molar-refractivity contribution >= 4 is 17.1 Å². The monoisotopic (exact) mass is 209 g/mol. The van der Waals surface area contributed by atoms with Gasteiger partial charge >= 0.3 is 6.18 Å². The lowest BCUT2D eigenvalue weighted by Gasteiger charge is -2.03. The van der Waals surface area contributed by atoms with Crippen LogP contribution in [-0.4, -0.2) is 16.9 Å².